The van der Waals surface area contributed by atoms with Crippen molar-refractivity contribution < 1.29 is 19.1 Å². The molecule has 1 aliphatic rings. The van der Waals surface area contributed by atoms with E-state index in [0.717, 1.165) is 13.0 Å². The van der Waals surface area contributed by atoms with Gasteiger partial charge in [-0.2, -0.15) is 0 Å². The van der Waals surface area contributed by atoms with Crippen LogP contribution >= 0.6 is 0 Å². The van der Waals surface area contributed by atoms with Crippen LogP contribution in [0.1, 0.15) is 28.8 Å². The lowest BCUT2D eigenvalue weighted by Crippen LogP contribution is -2.38. The topological polar surface area (TPSA) is 83.6 Å². The molecule has 1 aromatic carbocycles. The maximum Gasteiger partial charge on any atom is 0.307 e. The van der Waals surface area contributed by atoms with Crippen LogP contribution in [0, 0.1) is 11.7 Å². The van der Waals surface area contributed by atoms with Gasteiger partial charge in [-0.15, -0.1) is 0 Å². The van der Waals surface area contributed by atoms with E-state index >= 15 is 0 Å². The summed E-state index contributed by atoms with van der Waals surface area (Å²) in [5, 5.41) is 9.03. The Bertz CT molecular complexity index is 533. The Kier molecular flexibility index (Phi) is 4.34. The van der Waals surface area contributed by atoms with Gasteiger partial charge >= 0.3 is 5.97 Å². The zero-order valence-electron chi connectivity index (χ0n) is 11.0. The summed E-state index contributed by atoms with van der Waals surface area (Å²) in [6.07, 6.45) is 1.42. The van der Waals surface area contributed by atoms with Crippen LogP contribution in [0.3, 0.4) is 0 Å². The first-order valence-corrected chi connectivity index (χ1v) is 6.50. The van der Waals surface area contributed by atoms with E-state index in [1.54, 1.807) is 0 Å². The summed E-state index contributed by atoms with van der Waals surface area (Å²) in [4.78, 5) is 24.0. The molecule has 0 aliphatic carbocycles. The average Bonchev–Trinajstić information content (AvgIpc) is 2.41. The summed E-state index contributed by atoms with van der Waals surface area (Å²) < 4.78 is 13.7. The number of hydrogen-bond donors (Lipinski definition) is 2. The van der Waals surface area contributed by atoms with Crippen molar-refractivity contribution in [1.29, 1.82) is 0 Å². The van der Waals surface area contributed by atoms with Gasteiger partial charge in [0.25, 0.3) is 0 Å². The second-order valence-electron chi connectivity index (χ2n) is 5.08. The molecule has 3 N–H and O–H groups in total. The number of primary amides is 1. The monoisotopic (exact) mass is 280 g/mol. The number of nitrogens with zero attached hydrogens (tertiary/aromatic N) is 1. The minimum Gasteiger partial charge on any atom is -0.481 e. The Balaban J connectivity index is 2.11. The number of likely N-dealkylation sites (tertiary alicyclic amines) is 1. The Hall–Kier alpha value is -1.95. The lowest BCUT2D eigenvalue weighted by Gasteiger charge is -2.30. The Morgan fingerprint density at radius 1 is 1.45 bits per heavy atom. The number of aliphatic carboxylic acids is 1. The van der Waals surface area contributed by atoms with Gasteiger partial charge in [0.15, 0.2) is 0 Å². The molecule has 0 aromatic heterocycles. The maximum absolute atomic E-state index is 13.7. The quantitative estimate of drug-likeness (QED) is 0.868. The van der Waals surface area contributed by atoms with Crippen molar-refractivity contribution >= 4 is 11.9 Å². The summed E-state index contributed by atoms with van der Waals surface area (Å²) in [6, 6.07) is 3.99. The number of halogens is 1. The number of carboxylic acids is 1. The summed E-state index contributed by atoms with van der Waals surface area (Å²) in [6.45, 7) is 1.41. The molecule has 0 radical (unpaired) electrons. The number of carboxylic acid groups (broad SMARTS) is 1. The van der Waals surface area contributed by atoms with Gasteiger partial charge in [-0.25, -0.2) is 4.39 Å². The zero-order valence-corrected chi connectivity index (χ0v) is 11.0. The van der Waals surface area contributed by atoms with Crippen LogP contribution in [-0.2, 0) is 11.3 Å². The smallest absolute Gasteiger partial charge is 0.307 e. The number of rotatable bonds is 4. The van der Waals surface area contributed by atoms with Gasteiger partial charge in [0.2, 0.25) is 5.91 Å². The number of carbonyl (C=O) groups is 2. The fourth-order valence-electron chi connectivity index (χ4n) is 2.49. The summed E-state index contributed by atoms with van der Waals surface area (Å²) in [5.74, 6) is -2.24. The second-order valence-corrected chi connectivity index (χ2v) is 5.08. The highest BCUT2D eigenvalue weighted by molar-refractivity contribution is 5.92. The van der Waals surface area contributed by atoms with E-state index in [4.69, 9.17) is 10.8 Å². The van der Waals surface area contributed by atoms with Crippen LogP contribution < -0.4 is 5.73 Å². The number of nitrogens with two attached hydrogens (primary N) is 1. The molecule has 6 heteroatoms. The van der Waals surface area contributed by atoms with Crippen LogP contribution in [0.4, 0.5) is 4.39 Å². The average molecular weight is 280 g/mol. The number of amides is 1. The molecule has 1 aromatic rings. The van der Waals surface area contributed by atoms with Gasteiger partial charge < -0.3 is 10.8 Å². The Morgan fingerprint density at radius 3 is 2.85 bits per heavy atom. The molecule has 5 nitrogen and oxygen atoms in total. The molecule has 1 saturated heterocycles. The van der Waals surface area contributed by atoms with Gasteiger partial charge in [0, 0.05) is 24.2 Å². The van der Waals surface area contributed by atoms with Crippen molar-refractivity contribution in [3.8, 4) is 0 Å². The van der Waals surface area contributed by atoms with E-state index in [9.17, 15) is 14.0 Å². The van der Waals surface area contributed by atoms with Crippen LogP contribution in [0.2, 0.25) is 0 Å². The molecule has 0 saturated carbocycles. The molecule has 1 atom stereocenters. The fourth-order valence-corrected chi connectivity index (χ4v) is 2.49. The third kappa shape index (κ3) is 3.33. The van der Waals surface area contributed by atoms with Crippen molar-refractivity contribution in [3.63, 3.8) is 0 Å². The van der Waals surface area contributed by atoms with Crippen molar-refractivity contribution in [1.82, 2.24) is 4.90 Å². The van der Waals surface area contributed by atoms with E-state index in [2.05, 4.69) is 0 Å². The summed E-state index contributed by atoms with van der Waals surface area (Å²) >= 11 is 0. The second kappa shape index (κ2) is 6.00. The SMILES string of the molecule is NC(=O)c1ccc(F)c(CN2CCCC(C(=O)O)C2)c1. The molecule has 1 amide bonds. The van der Waals surface area contributed by atoms with Gasteiger partial charge in [-0.1, -0.05) is 0 Å². The number of hydrogen-bond acceptors (Lipinski definition) is 3. The van der Waals surface area contributed by atoms with Crippen LogP contribution in [0.15, 0.2) is 18.2 Å². The van der Waals surface area contributed by atoms with E-state index < -0.39 is 23.6 Å². The molecule has 0 bridgehead atoms. The van der Waals surface area contributed by atoms with Crippen molar-refractivity contribution in [2.75, 3.05) is 13.1 Å². The molecule has 20 heavy (non-hydrogen) atoms. The maximum atomic E-state index is 13.7. The first-order valence-electron chi connectivity index (χ1n) is 6.50. The summed E-state index contributed by atoms with van der Waals surface area (Å²) in [5.41, 5.74) is 5.80. The van der Waals surface area contributed by atoms with Crippen LogP contribution in [-0.4, -0.2) is 35.0 Å². The highest BCUT2D eigenvalue weighted by Crippen LogP contribution is 2.20. The normalized spacial score (nSPS) is 19.8. The standard InChI is InChI=1S/C14H17FN2O3/c15-12-4-3-9(13(16)18)6-11(12)8-17-5-1-2-10(7-17)14(19)20/h3-4,6,10H,1-2,5,7-8H2,(H2,16,18)(H,19,20). The molecule has 1 unspecified atom stereocenters. The highest BCUT2D eigenvalue weighted by atomic mass is 19.1. The van der Waals surface area contributed by atoms with Gasteiger partial charge in [0.1, 0.15) is 5.82 Å². The molecule has 108 valence electrons. The predicted molar refractivity (Wildman–Crippen MR) is 70.6 cm³/mol. The molecule has 2 rings (SSSR count). The number of benzene rings is 1. The first-order chi connectivity index (χ1) is 9.47. The molecule has 0 spiro atoms. The zero-order chi connectivity index (χ0) is 14.7. The van der Waals surface area contributed by atoms with E-state index in [1.165, 1.54) is 18.2 Å². The minimum absolute atomic E-state index is 0.258. The van der Waals surface area contributed by atoms with E-state index in [1.807, 2.05) is 4.90 Å². The Labute approximate surface area is 116 Å². The summed E-state index contributed by atoms with van der Waals surface area (Å²) in [7, 11) is 0. The third-order valence-corrected chi connectivity index (χ3v) is 3.58. The first kappa shape index (κ1) is 14.5. The van der Waals surface area contributed by atoms with Crippen LogP contribution in [0.5, 0.6) is 0 Å². The molecule has 1 aliphatic heterocycles. The lowest BCUT2D eigenvalue weighted by molar-refractivity contribution is -0.143. The molecular weight excluding hydrogens is 263 g/mol. The predicted octanol–water partition coefficient (Wildman–Crippen LogP) is 1.22. The largest absolute Gasteiger partial charge is 0.481 e. The van der Waals surface area contributed by atoms with Crippen molar-refractivity contribution in [2.45, 2.75) is 19.4 Å². The van der Waals surface area contributed by atoms with E-state index in [0.29, 0.717) is 18.5 Å². The fraction of sp³-hybridized carbons (Fsp3) is 0.429. The minimum atomic E-state index is -0.818. The lowest BCUT2D eigenvalue weighted by atomic mass is 9.97. The van der Waals surface area contributed by atoms with Crippen molar-refractivity contribution in [2.24, 2.45) is 11.7 Å². The van der Waals surface area contributed by atoms with Gasteiger partial charge in [-0.05, 0) is 37.6 Å². The molecule has 1 heterocycles. The van der Waals surface area contributed by atoms with Crippen molar-refractivity contribution in [3.05, 3.63) is 35.1 Å². The van der Waals surface area contributed by atoms with Gasteiger partial charge in [0.05, 0.1) is 5.92 Å². The highest BCUT2D eigenvalue weighted by Gasteiger charge is 2.25. The Morgan fingerprint density at radius 2 is 2.20 bits per heavy atom. The number of piperidine rings is 1. The molecule has 1 fully saturated rings. The van der Waals surface area contributed by atoms with Gasteiger partial charge in [-0.3, -0.25) is 14.5 Å². The third-order valence-electron chi connectivity index (χ3n) is 3.58. The van der Waals surface area contributed by atoms with E-state index in [-0.39, 0.29) is 12.1 Å². The number of carbonyl (C=O) groups excluding carboxylic acids is 1. The van der Waals surface area contributed by atoms with Crippen LogP contribution in [0.25, 0.3) is 0 Å². The molecular formula is C14H17FN2O3.